The zero-order chi connectivity index (χ0) is 18.2. The summed E-state index contributed by atoms with van der Waals surface area (Å²) in [6.45, 7) is 0.793. The van der Waals surface area contributed by atoms with E-state index in [9.17, 15) is 22.8 Å². The van der Waals surface area contributed by atoms with Crippen LogP contribution in [0, 0.1) is 0 Å². The summed E-state index contributed by atoms with van der Waals surface area (Å²) in [4.78, 5) is 25.9. The Hall–Kier alpha value is -2.00. The lowest BCUT2D eigenvalue weighted by molar-refractivity contribution is -0.147. The van der Waals surface area contributed by atoms with Crippen LogP contribution in [-0.4, -0.2) is 44.4 Å². The Morgan fingerprint density at radius 1 is 1.16 bits per heavy atom. The number of urea groups is 1. The molecule has 1 aromatic rings. The number of hydrogen-bond donors (Lipinski definition) is 1. The van der Waals surface area contributed by atoms with Gasteiger partial charge in [0.2, 0.25) is 5.82 Å². The molecule has 2 amide bonds. The van der Waals surface area contributed by atoms with Crippen molar-refractivity contribution in [3.05, 3.63) is 16.3 Å². The molecule has 0 bridgehead atoms. The van der Waals surface area contributed by atoms with Gasteiger partial charge in [0.05, 0.1) is 6.04 Å². The van der Waals surface area contributed by atoms with Gasteiger partial charge in [-0.3, -0.25) is 4.57 Å². The van der Waals surface area contributed by atoms with Crippen LogP contribution in [0.3, 0.4) is 0 Å². The van der Waals surface area contributed by atoms with Crippen molar-refractivity contribution in [2.75, 3.05) is 13.1 Å². The summed E-state index contributed by atoms with van der Waals surface area (Å²) in [7, 11) is 1.07. The molecule has 0 radical (unpaired) electrons. The smallest absolute Gasteiger partial charge is 0.335 e. The molecule has 2 aliphatic rings. The molecule has 1 aliphatic carbocycles. The quantitative estimate of drug-likeness (QED) is 0.874. The van der Waals surface area contributed by atoms with Gasteiger partial charge in [-0.25, -0.2) is 14.3 Å². The third-order valence-electron chi connectivity index (χ3n) is 5.04. The van der Waals surface area contributed by atoms with E-state index in [2.05, 4.69) is 10.4 Å². The molecular weight excluding hydrogens is 339 g/mol. The van der Waals surface area contributed by atoms with E-state index in [1.54, 1.807) is 4.90 Å². The number of carbonyl (C=O) groups is 1. The molecule has 1 N–H and O–H groups in total. The maximum atomic E-state index is 12.9. The number of likely N-dealkylation sites (tertiary alicyclic amines) is 1. The topological polar surface area (TPSA) is 72.2 Å². The van der Waals surface area contributed by atoms with Crippen molar-refractivity contribution in [1.82, 2.24) is 24.6 Å². The van der Waals surface area contributed by atoms with Crippen molar-refractivity contribution in [2.45, 2.75) is 56.8 Å². The molecule has 0 atom stereocenters. The zero-order valence-corrected chi connectivity index (χ0v) is 14.1. The highest BCUT2D eigenvalue weighted by atomic mass is 19.4. The first kappa shape index (κ1) is 17.8. The lowest BCUT2D eigenvalue weighted by Crippen LogP contribution is -2.48. The molecule has 140 valence electrons. The average Bonchev–Trinajstić information content (AvgIpc) is 3.16. The van der Waals surface area contributed by atoms with Gasteiger partial charge in [-0.1, -0.05) is 12.8 Å². The minimum absolute atomic E-state index is 0.130. The molecule has 2 fully saturated rings. The number of rotatable bonds is 2. The van der Waals surface area contributed by atoms with Crippen LogP contribution in [0.15, 0.2) is 4.79 Å². The van der Waals surface area contributed by atoms with E-state index in [4.69, 9.17) is 0 Å². The fourth-order valence-electron chi connectivity index (χ4n) is 3.59. The van der Waals surface area contributed by atoms with Gasteiger partial charge in [0, 0.05) is 26.2 Å². The van der Waals surface area contributed by atoms with E-state index in [1.807, 2.05) is 0 Å². The summed E-state index contributed by atoms with van der Waals surface area (Å²) < 4.78 is 40.1. The van der Waals surface area contributed by atoms with Gasteiger partial charge in [-0.15, -0.1) is 5.10 Å². The zero-order valence-electron chi connectivity index (χ0n) is 14.1. The maximum Gasteiger partial charge on any atom is 0.451 e. The molecule has 25 heavy (non-hydrogen) atoms. The van der Waals surface area contributed by atoms with Gasteiger partial charge in [0.1, 0.15) is 0 Å². The Labute approximate surface area is 142 Å². The van der Waals surface area contributed by atoms with E-state index < -0.39 is 23.7 Å². The van der Waals surface area contributed by atoms with E-state index >= 15 is 0 Å². The summed E-state index contributed by atoms with van der Waals surface area (Å²) >= 11 is 0. The Morgan fingerprint density at radius 2 is 1.76 bits per heavy atom. The third-order valence-corrected chi connectivity index (χ3v) is 5.04. The minimum atomic E-state index is -4.67. The molecule has 0 spiro atoms. The number of aromatic nitrogens is 3. The Kier molecular flexibility index (Phi) is 4.79. The molecule has 0 unspecified atom stereocenters. The number of piperidine rings is 1. The summed E-state index contributed by atoms with van der Waals surface area (Å²) in [5.41, 5.74) is -0.777. The average molecular weight is 361 g/mol. The van der Waals surface area contributed by atoms with Crippen LogP contribution < -0.4 is 11.0 Å². The second-order valence-corrected chi connectivity index (χ2v) is 6.76. The van der Waals surface area contributed by atoms with Crippen molar-refractivity contribution < 1.29 is 18.0 Å². The maximum absolute atomic E-state index is 12.9. The van der Waals surface area contributed by atoms with E-state index in [1.165, 1.54) is 0 Å². The largest absolute Gasteiger partial charge is 0.451 e. The fourth-order valence-corrected chi connectivity index (χ4v) is 3.59. The standard InChI is InChI=1S/C15H22F3N5O2/c1-21-12(15(16,17)18)20-23(14(21)25)11-6-8-22(9-7-11)13(24)19-10-4-2-3-5-10/h10-11H,2-9H2,1H3,(H,19,24). The minimum Gasteiger partial charge on any atom is -0.335 e. The van der Waals surface area contributed by atoms with Crippen LogP contribution in [0.5, 0.6) is 0 Å². The highest BCUT2D eigenvalue weighted by Crippen LogP contribution is 2.28. The summed E-state index contributed by atoms with van der Waals surface area (Å²) in [5, 5.41) is 6.48. The first-order valence-electron chi connectivity index (χ1n) is 8.55. The molecule has 3 rings (SSSR count). The van der Waals surface area contributed by atoms with Crippen molar-refractivity contribution in [2.24, 2.45) is 7.05 Å². The van der Waals surface area contributed by atoms with Gasteiger partial charge >= 0.3 is 17.9 Å². The summed E-state index contributed by atoms with van der Waals surface area (Å²) in [6.07, 6.45) is 0.380. The van der Waals surface area contributed by atoms with Gasteiger partial charge in [-0.05, 0) is 25.7 Å². The van der Waals surface area contributed by atoms with Crippen molar-refractivity contribution in [1.29, 1.82) is 0 Å². The molecule has 7 nitrogen and oxygen atoms in total. The molecule has 1 saturated heterocycles. The van der Waals surface area contributed by atoms with Crippen LogP contribution >= 0.6 is 0 Å². The molecule has 1 saturated carbocycles. The van der Waals surface area contributed by atoms with E-state index in [-0.39, 0.29) is 12.1 Å². The van der Waals surface area contributed by atoms with Gasteiger partial charge in [0.15, 0.2) is 0 Å². The Morgan fingerprint density at radius 3 is 2.28 bits per heavy atom. The van der Waals surface area contributed by atoms with Gasteiger partial charge < -0.3 is 10.2 Å². The van der Waals surface area contributed by atoms with Crippen LogP contribution in [0.25, 0.3) is 0 Å². The summed E-state index contributed by atoms with van der Waals surface area (Å²) in [6, 6.07) is -0.335. The molecule has 1 aliphatic heterocycles. The Balaban J connectivity index is 1.62. The lowest BCUT2D eigenvalue weighted by atomic mass is 10.1. The SMILES string of the molecule is Cn1c(C(F)(F)F)nn(C2CCN(C(=O)NC3CCCC3)CC2)c1=O. The first-order chi connectivity index (χ1) is 11.8. The van der Waals surface area contributed by atoms with Crippen LogP contribution in [-0.2, 0) is 13.2 Å². The summed E-state index contributed by atoms with van der Waals surface area (Å²) in [5.74, 6) is -1.20. The predicted molar refractivity (Wildman–Crippen MR) is 83.1 cm³/mol. The molecule has 0 aromatic carbocycles. The second kappa shape index (κ2) is 6.72. The number of alkyl halides is 3. The Bertz CT molecular complexity index is 682. The third kappa shape index (κ3) is 3.67. The van der Waals surface area contributed by atoms with E-state index in [0.29, 0.717) is 30.5 Å². The molecule has 10 heteroatoms. The second-order valence-electron chi connectivity index (χ2n) is 6.76. The van der Waals surface area contributed by atoms with Crippen LogP contribution in [0.1, 0.15) is 50.4 Å². The number of carbonyl (C=O) groups excluding carboxylic acids is 1. The lowest BCUT2D eigenvalue weighted by Gasteiger charge is -2.32. The van der Waals surface area contributed by atoms with Crippen molar-refractivity contribution in [3.63, 3.8) is 0 Å². The first-order valence-corrected chi connectivity index (χ1v) is 8.55. The fraction of sp³-hybridized carbons (Fsp3) is 0.800. The number of halogens is 3. The van der Waals surface area contributed by atoms with Crippen LogP contribution in [0.4, 0.5) is 18.0 Å². The highest BCUT2D eigenvalue weighted by Gasteiger charge is 2.39. The number of hydrogen-bond acceptors (Lipinski definition) is 3. The van der Waals surface area contributed by atoms with Crippen molar-refractivity contribution >= 4 is 6.03 Å². The van der Waals surface area contributed by atoms with Crippen molar-refractivity contribution in [3.8, 4) is 0 Å². The molecule has 2 heterocycles. The monoisotopic (exact) mass is 361 g/mol. The number of nitrogens with one attached hydrogen (secondary N) is 1. The van der Waals surface area contributed by atoms with Crippen LogP contribution in [0.2, 0.25) is 0 Å². The predicted octanol–water partition coefficient (Wildman–Crippen LogP) is 1.89. The molecular formula is C15H22F3N5O2. The van der Waals surface area contributed by atoms with E-state index in [0.717, 1.165) is 37.4 Å². The van der Waals surface area contributed by atoms with Gasteiger partial charge in [0.25, 0.3) is 0 Å². The highest BCUT2D eigenvalue weighted by molar-refractivity contribution is 5.74. The molecule has 1 aromatic heterocycles. The normalized spacial score (nSPS) is 20.2. The number of nitrogens with zero attached hydrogens (tertiary/aromatic N) is 4. The van der Waals surface area contributed by atoms with Gasteiger partial charge in [-0.2, -0.15) is 13.2 Å². The number of amides is 2.